The Kier molecular flexibility index (Phi) is 4.03. The van der Waals surface area contributed by atoms with Crippen LogP contribution in [0.15, 0.2) is 6.20 Å². The predicted molar refractivity (Wildman–Crippen MR) is 75.1 cm³/mol. The fourth-order valence-corrected chi connectivity index (χ4v) is 2.17. The van der Waals surface area contributed by atoms with E-state index in [9.17, 15) is 10.1 Å². The molecule has 0 radical (unpaired) electrons. The maximum atomic E-state index is 11.1. The third-order valence-electron chi connectivity index (χ3n) is 3.01. The van der Waals surface area contributed by atoms with E-state index in [1.165, 1.54) is 6.20 Å². The Morgan fingerprint density at radius 1 is 1.60 bits per heavy atom. The predicted octanol–water partition coefficient (Wildman–Crippen LogP) is 1.43. The number of hydrogen-bond acceptors (Lipinski definition) is 7. The Bertz CT molecular complexity index is 506. The van der Waals surface area contributed by atoms with Crippen molar-refractivity contribution in [2.45, 2.75) is 26.4 Å². The lowest BCUT2D eigenvalue weighted by molar-refractivity contribution is -0.384. The van der Waals surface area contributed by atoms with Crippen LogP contribution in [-0.4, -0.2) is 46.7 Å². The van der Waals surface area contributed by atoms with Crippen molar-refractivity contribution in [1.82, 2.24) is 9.97 Å². The molecular formula is C12H19N5O3. The van der Waals surface area contributed by atoms with Gasteiger partial charge in [-0.2, -0.15) is 4.98 Å². The molecule has 1 saturated heterocycles. The maximum Gasteiger partial charge on any atom is 0.329 e. The number of nitrogens with one attached hydrogen (secondary N) is 1. The highest BCUT2D eigenvalue weighted by molar-refractivity contribution is 5.59. The summed E-state index contributed by atoms with van der Waals surface area (Å²) < 4.78 is 5.62. The average molecular weight is 281 g/mol. The van der Waals surface area contributed by atoms with Crippen molar-refractivity contribution in [1.29, 1.82) is 0 Å². The zero-order valence-corrected chi connectivity index (χ0v) is 11.9. The van der Waals surface area contributed by atoms with Crippen LogP contribution in [0.4, 0.5) is 17.5 Å². The van der Waals surface area contributed by atoms with Crippen molar-refractivity contribution in [2.24, 2.45) is 0 Å². The molecule has 1 aliphatic rings. The third kappa shape index (κ3) is 3.13. The molecule has 0 atom stereocenters. The highest BCUT2D eigenvalue weighted by Gasteiger charge is 2.32. The molecule has 2 heterocycles. The highest BCUT2D eigenvalue weighted by Crippen LogP contribution is 2.29. The van der Waals surface area contributed by atoms with Gasteiger partial charge in [0.25, 0.3) is 0 Å². The summed E-state index contributed by atoms with van der Waals surface area (Å²) in [6.07, 6.45) is 1.25. The minimum absolute atomic E-state index is 0.0793. The van der Waals surface area contributed by atoms with Crippen LogP contribution in [0, 0.1) is 10.1 Å². The van der Waals surface area contributed by atoms with Crippen LogP contribution in [0.3, 0.4) is 0 Å². The van der Waals surface area contributed by atoms with E-state index in [2.05, 4.69) is 15.3 Å². The quantitative estimate of drug-likeness (QED) is 0.659. The van der Waals surface area contributed by atoms with Gasteiger partial charge in [-0.25, -0.2) is 4.98 Å². The van der Waals surface area contributed by atoms with Gasteiger partial charge >= 0.3 is 5.69 Å². The molecule has 1 aromatic rings. The molecule has 0 aliphatic carbocycles. The number of morpholine rings is 1. The Labute approximate surface area is 117 Å². The van der Waals surface area contributed by atoms with E-state index in [1.54, 1.807) is 0 Å². The number of nitro groups is 1. The second-order valence-electron chi connectivity index (χ2n) is 5.22. The lowest BCUT2D eigenvalue weighted by atomic mass is 10.1. The molecule has 0 unspecified atom stereocenters. The summed E-state index contributed by atoms with van der Waals surface area (Å²) in [6, 6.07) is 0. The van der Waals surface area contributed by atoms with Gasteiger partial charge in [0.05, 0.1) is 17.1 Å². The molecule has 0 amide bonds. The summed E-state index contributed by atoms with van der Waals surface area (Å²) >= 11 is 0. The maximum absolute atomic E-state index is 11.1. The topological polar surface area (TPSA) is 93.4 Å². The summed E-state index contributed by atoms with van der Waals surface area (Å²) in [6.45, 7) is 8.14. The van der Waals surface area contributed by atoms with Gasteiger partial charge in [0.2, 0.25) is 11.8 Å². The first-order valence-corrected chi connectivity index (χ1v) is 6.57. The van der Waals surface area contributed by atoms with Crippen LogP contribution in [-0.2, 0) is 4.74 Å². The Morgan fingerprint density at radius 3 is 2.95 bits per heavy atom. The van der Waals surface area contributed by atoms with E-state index in [0.29, 0.717) is 38.0 Å². The zero-order valence-electron chi connectivity index (χ0n) is 11.9. The molecule has 8 nitrogen and oxygen atoms in total. The monoisotopic (exact) mass is 281 g/mol. The van der Waals surface area contributed by atoms with Gasteiger partial charge in [-0.3, -0.25) is 10.1 Å². The molecule has 1 N–H and O–H groups in total. The Balaban J connectivity index is 2.36. The average Bonchev–Trinajstić information content (AvgIpc) is 2.37. The first-order chi connectivity index (χ1) is 9.43. The molecule has 8 heteroatoms. The fraction of sp³-hybridized carbons (Fsp3) is 0.667. The van der Waals surface area contributed by atoms with Crippen LogP contribution >= 0.6 is 0 Å². The smallest absolute Gasteiger partial charge is 0.329 e. The summed E-state index contributed by atoms with van der Waals surface area (Å²) in [5, 5.41) is 14.1. The van der Waals surface area contributed by atoms with Crippen molar-refractivity contribution in [3.8, 4) is 0 Å². The third-order valence-corrected chi connectivity index (χ3v) is 3.01. The lowest BCUT2D eigenvalue weighted by Crippen LogP contribution is -2.48. The number of nitrogens with zero attached hydrogens (tertiary/aromatic N) is 4. The fourth-order valence-electron chi connectivity index (χ4n) is 2.17. The second-order valence-corrected chi connectivity index (χ2v) is 5.22. The van der Waals surface area contributed by atoms with Crippen molar-refractivity contribution < 1.29 is 9.66 Å². The van der Waals surface area contributed by atoms with E-state index in [0.717, 1.165) is 0 Å². The van der Waals surface area contributed by atoms with E-state index in [1.807, 2.05) is 25.7 Å². The highest BCUT2D eigenvalue weighted by atomic mass is 16.6. The van der Waals surface area contributed by atoms with Crippen LogP contribution in [0.1, 0.15) is 20.8 Å². The van der Waals surface area contributed by atoms with Crippen molar-refractivity contribution in [3.63, 3.8) is 0 Å². The second kappa shape index (κ2) is 5.58. The van der Waals surface area contributed by atoms with Gasteiger partial charge in [0.1, 0.15) is 6.20 Å². The minimum atomic E-state index is -0.451. The summed E-state index contributed by atoms with van der Waals surface area (Å²) in [5.41, 5.74) is -0.431. The van der Waals surface area contributed by atoms with Crippen LogP contribution in [0.2, 0.25) is 0 Å². The van der Waals surface area contributed by atoms with Crippen molar-refractivity contribution in [2.75, 3.05) is 36.5 Å². The van der Waals surface area contributed by atoms with Gasteiger partial charge in [0, 0.05) is 19.6 Å². The summed E-state index contributed by atoms with van der Waals surface area (Å²) in [7, 11) is 0. The summed E-state index contributed by atoms with van der Waals surface area (Å²) in [4.78, 5) is 20.8. The molecule has 1 fully saturated rings. The number of hydrogen-bond donors (Lipinski definition) is 1. The molecule has 1 aliphatic heterocycles. The first kappa shape index (κ1) is 14.4. The van der Waals surface area contributed by atoms with E-state index in [4.69, 9.17) is 4.74 Å². The van der Waals surface area contributed by atoms with Crippen molar-refractivity contribution in [3.05, 3.63) is 16.3 Å². The van der Waals surface area contributed by atoms with Crippen LogP contribution < -0.4 is 10.2 Å². The largest absolute Gasteiger partial charge is 0.372 e. The van der Waals surface area contributed by atoms with Gasteiger partial charge in [-0.05, 0) is 20.8 Å². The van der Waals surface area contributed by atoms with Gasteiger partial charge < -0.3 is 15.0 Å². The Hall–Kier alpha value is -1.96. The molecule has 0 spiro atoms. The first-order valence-electron chi connectivity index (χ1n) is 6.57. The minimum Gasteiger partial charge on any atom is -0.372 e. The van der Waals surface area contributed by atoms with Crippen molar-refractivity contribution >= 4 is 17.5 Å². The van der Waals surface area contributed by atoms with Gasteiger partial charge in [-0.15, -0.1) is 0 Å². The normalized spacial score (nSPS) is 17.9. The van der Waals surface area contributed by atoms with E-state index < -0.39 is 4.92 Å². The molecule has 0 saturated carbocycles. The lowest BCUT2D eigenvalue weighted by Gasteiger charge is -2.38. The van der Waals surface area contributed by atoms with Crippen LogP contribution in [0.25, 0.3) is 0 Å². The van der Waals surface area contributed by atoms with Gasteiger partial charge in [-0.1, -0.05) is 0 Å². The number of ether oxygens (including phenoxy) is 1. The number of rotatable bonds is 4. The van der Waals surface area contributed by atoms with E-state index in [-0.39, 0.29) is 11.3 Å². The molecule has 0 aromatic carbocycles. The summed E-state index contributed by atoms with van der Waals surface area (Å²) in [5.74, 6) is 0.745. The Morgan fingerprint density at radius 2 is 2.35 bits per heavy atom. The number of anilines is 2. The van der Waals surface area contributed by atoms with Crippen LogP contribution in [0.5, 0.6) is 0 Å². The molecule has 1 aromatic heterocycles. The SMILES string of the molecule is CCNc1ncc([N+](=O)[O-])c(N2CCOC(C)(C)C2)n1. The molecule has 0 bridgehead atoms. The van der Waals surface area contributed by atoms with E-state index >= 15 is 0 Å². The van der Waals surface area contributed by atoms with Gasteiger partial charge in [0.15, 0.2) is 0 Å². The standard InChI is InChI=1S/C12H19N5O3/c1-4-13-11-14-7-9(17(18)19)10(15-11)16-5-6-20-12(2,3)8-16/h7H,4-6,8H2,1-3H3,(H,13,14,15). The molecule has 20 heavy (non-hydrogen) atoms. The molecular weight excluding hydrogens is 262 g/mol. The molecule has 2 rings (SSSR count). The number of aromatic nitrogens is 2. The molecule has 110 valence electrons. The zero-order chi connectivity index (χ0) is 14.8.